The number of carbonyl (C=O) groups excluding carboxylic acids is 2. The second kappa shape index (κ2) is 4.46. The van der Waals surface area contributed by atoms with Crippen LogP contribution >= 0.6 is 12.4 Å². The smallest absolute Gasteiger partial charge is 0.276 e. The first-order valence-electron chi connectivity index (χ1n) is 3.23. The second-order valence-electron chi connectivity index (χ2n) is 2.21. The van der Waals surface area contributed by atoms with E-state index in [4.69, 9.17) is 11.5 Å². The fraction of sp³-hybridized carbons (Fsp3) is 0.167. The van der Waals surface area contributed by atoms with Crippen LogP contribution in [0.4, 0.5) is 0 Å². The first-order chi connectivity index (χ1) is 5.59. The fourth-order valence-electron chi connectivity index (χ4n) is 0.724. The molecule has 13 heavy (non-hydrogen) atoms. The predicted molar refractivity (Wildman–Crippen MR) is 48.9 cm³/mol. The Morgan fingerprint density at radius 3 is 2.62 bits per heavy atom. The first kappa shape index (κ1) is 11.4. The quantitative estimate of drug-likeness (QED) is 0.482. The third kappa shape index (κ3) is 3.12. The molecule has 5 N–H and O–H groups in total. The minimum absolute atomic E-state index is 0. The zero-order valence-corrected chi connectivity index (χ0v) is 7.43. The van der Waals surface area contributed by atoms with Crippen molar-refractivity contribution >= 4 is 30.2 Å². The molecule has 0 radical (unpaired) electrons. The Balaban J connectivity index is 0.00000144. The highest BCUT2D eigenvalue weighted by molar-refractivity contribution is 6.11. The van der Waals surface area contributed by atoms with Crippen molar-refractivity contribution in [3.63, 3.8) is 0 Å². The van der Waals surface area contributed by atoms with Crippen molar-refractivity contribution in [2.45, 2.75) is 6.42 Å². The SMILES string of the molecule is Cl.NC(=O)CC=C1N=C(N)NC1=O. The van der Waals surface area contributed by atoms with Gasteiger partial charge in [0, 0.05) is 6.42 Å². The number of nitrogens with two attached hydrogens (primary N) is 2. The molecule has 0 spiro atoms. The van der Waals surface area contributed by atoms with Crippen molar-refractivity contribution in [3.8, 4) is 0 Å². The summed E-state index contributed by atoms with van der Waals surface area (Å²) in [6, 6.07) is 0. The molecule has 0 bridgehead atoms. The minimum atomic E-state index is -0.518. The monoisotopic (exact) mass is 204 g/mol. The number of halogens is 1. The lowest BCUT2D eigenvalue weighted by Gasteiger charge is -1.89. The van der Waals surface area contributed by atoms with E-state index in [1.54, 1.807) is 0 Å². The van der Waals surface area contributed by atoms with Gasteiger partial charge in [0.05, 0.1) is 0 Å². The number of nitrogens with one attached hydrogen (secondary N) is 1. The number of nitrogens with zero attached hydrogens (tertiary/aromatic N) is 1. The highest BCUT2D eigenvalue weighted by Crippen LogP contribution is 2.03. The molecule has 0 aromatic rings. The van der Waals surface area contributed by atoms with Gasteiger partial charge in [-0.2, -0.15) is 0 Å². The van der Waals surface area contributed by atoms with Gasteiger partial charge in [0.15, 0.2) is 0 Å². The Hall–Kier alpha value is -1.56. The number of hydrogen-bond acceptors (Lipinski definition) is 4. The molecule has 0 aromatic carbocycles. The molecule has 1 heterocycles. The summed E-state index contributed by atoms with van der Waals surface area (Å²) in [5.74, 6) is -0.888. The van der Waals surface area contributed by atoms with Crippen LogP contribution in [-0.2, 0) is 9.59 Å². The first-order valence-corrected chi connectivity index (χ1v) is 3.23. The van der Waals surface area contributed by atoms with Crippen molar-refractivity contribution < 1.29 is 9.59 Å². The molecule has 0 fully saturated rings. The van der Waals surface area contributed by atoms with Crippen LogP contribution in [0.2, 0.25) is 0 Å². The third-order valence-corrected chi connectivity index (χ3v) is 1.21. The molecule has 0 saturated carbocycles. The van der Waals surface area contributed by atoms with E-state index in [2.05, 4.69) is 10.3 Å². The molecule has 0 aromatic heterocycles. The van der Waals surface area contributed by atoms with E-state index in [0.717, 1.165) is 0 Å². The molecule has 0 saturated heterocycles. The van der Waals surface area contributed by atoms with E-state index >= 15 is 0 Å². The van der Waals surface area contributed by atoms with Gasteiger partial charge in [-0.3, -0.25) is 14.9 Å². The van der Waals surface area contributed by atoms with Crippen molar-refractivity contribution in [2.75, 3.05) is 0 Å². The number of carbonyl (C=O) groups is 2. The predicted octanol–water partition coefficient (Wildman–Crippen LogP) is -1.39. The van der Waals surface area contributed by atoms with Gasteiger partial charge in [0.1, 0.15) is 5.70 Å². The number of amides is 2. The van der Waals surface area contributed by atoms with E-state index in [1.165, 1.54) is 6.08 Å². The lowest BCUT2D eigenvalue weighted by molar-refractivity contribution is -0.117. The molecule has 72 valence electrons. The second-order valence-corrected chi connectivity index (χ2v) is 2.21. The largest absolute Gasteiger partial charge is 0.369 e. The number of aliphatic imine (C=N–C) groups is 1. The molecule has 0 aliphatic carbocycles. The van der Waals surface area contributed by atoms with Gasteiger partial charge >= 0.3 is 0 Å². The van der Waals surface area contributed by atoms with Crippen LogP contribution in [0.15, 0.2) is 16.8 Å². The molecule has 1 rings (SSSR count). The average molecular weight is 205 g/mol. The lowest BCUT2D eigenvalue weighted by Crippen LogP contribution is -2.30. The third-order valence-electron chi connectivity index (χ3n) is 1.21. The fourth-order valence-corrected chi connectivity index (χ4v) is 0.724. The number of primary amides is 1. The Bertz CT molecular complexity index is 297. The highest BCUT2D eigenvalue weighted by Gasteiger charge is 2.16. The molecule has 1 aliphatic rings. The van der Waals surface area contributed by atoms with Gasteiger partial charge in [-0.25, -0.2) is 4.99 Å². The number of hydrogen-bond donors (Lipinski definition) is 3. The van der Waals surface area contributed by atoms with Crippen molar-refractivity contribution in [3.05, 3.63) is 11.8 Å². The molecular formula is C6H9ClN4O2. The van der Waals surface area contributed by atoms with E-state index in [0.29, 0.717) is 0 Å². The Morgan fingerprint density at radius 2 is 2.23 bits per heavy atom. The van der Waals surface area contributed by atoms with Crippen molar-refractivity contribution in [1.29, 1.82) is 0 Å². The van der Waals surface area contributed by atoms with Crippen LogP contribution in [0.3, 0.4) is 0 Å². The summed E-state index contributed by atoms with van der Waals surface area (Å²) >= 11 is 0. The van der Waals surface area contributed by atoms with Crippen LogP contribution in [-0.4, -0.2) is 17.8 Å². The van der Waals surface area contributed by atoms with Crippen LogP contribution in [0.25, 0.3) is 0 Å². The summed E-state index contributed by atoms with van der Waals surface area (Å²) < 4.78 is 0. The summed E-state index contributed by atoms with van der Waals surface area (Å²) in [5, 5.41) is 2.26. The van der Waals surface area contributed by atoms with Gasteiger partial charge in [-0.15, -0.1) is 12.4 Å². The van der Waals surface area contributed by atoms with Crippen LogP contribution in [0.5, 0.6) is 0 Å². The maximum atomic E-state index is 10.9. The van der Waals surface area contributed by atoms with E-state index in [1.807, 2.05) is 0 Å². The average Bonchev–Trinajstić information content (AvgIpc) is 2.26. The normalized spacial score (nSPS) is 17.7. The Labute approximate surface area is 80.5 Å². The van der Waals surface area contributed by atoms with E-state index in [-0.39, 0.29) is 30.5 Å². The van der Waals surface area contributed by atoms with Gasteiger partial charge in [0.25, 0.3) is 5.91 Å². The molecule has 1 aliphatic heterocycles. The summed E-state index contributed by atoms with van der Waals surface area (Å²) in [7, 11) is 0. The summed E-state index contributed by atoms with van der Waals surface area (Å²) in [6.45, 7) is 0. The topological polar surface area (TPSA) is 111 Å². The maximum Gasteiger partial charge on any atom is 0.276 e. The van der Waals surface area contributed by atoms with Gasteiger partial charge < -0.3 is 11.5 Å². The maximum absolute atomic E-state index is 10.9. The summed E-state index contributed by atoms with van der Waals surface area (Å²) in [6.07, 6.45) is 1.32. The molecule has 0 unspecified atom stereocenters. The van der Waals surface area contributed by atoms with Crippen LogP contribution in [0, 0.1) is 0 Å². The zero-order chi connectivity index (χ0) is 9.14. The highest BCUT2D eigenvalue weighted by atomic mass is 35.5. The Kier molecular flexibility index (Phi) is 3.93. The molecular weight excluding hydrogens is 196 g/mol. The standard InChI is InChI=1S/C6H8N4O2.ClH/c7-4(11)2-1-3-5(12)10-6(8)9-3;/h1H,2H2,(H2,7,11)(H3,8,9,10,12);1H. The number of rotatable bonds is 2. The Morgan fingerprint density at radius 1 is 1.62 bits per heavy atom. The van der Waals surface area contributed by atoms with Gasteiger partial charge in [-0.1, -0.05) is 0 Å². The molecule has 7 heteroatoms. The van der Waals surface area contributed by atoms with E-state index < -0.39 is 11.8 Å². The lowest BCUT2D eigenvalue weighted by atomic mass is 10.3. The molecule has 6 nitrogen and oxygen atoms in total. The minimum Gasteiger partial charge on any atom is -0.369 e. The van der Waals surface area contributed by atoms with Crippen molar-refractivity contribution in [2.24, 2.45) is 16.5 Å². The van der Waals surface area contributed by atoms with Crippen LogP contribution in [0.1, 0.15) is 6.42 Å². The van der Waals surface area contributed by atoms with Crippen LogP contribution < -0.4 is 16.8 Å². The van der Waals surface area contributed by atoms with Crippen molar-refractivity contribution in [1.82, 2.24) is 5.32 Å². The van der Waals surface area contributed by atoms with Gasteiger partial charge in [0.2, 0.25) is 11.9 Å². The number of guanidine groups is 1. The summed E-state index contributed by atoms with van der Waals surface area (Å²) in [5.41, 5.74) is 10.2. The zero-order valence-electron chi connectivity index (χ0n) is 6.61. The molecule has 2 amide bonds. The summed E-state index contributed by atoms with van der Waals surface area (Å²) in [4.78, 5) is 24.8. The van der Waals surface area contributed by atoms with E-state index in [9.17, 15) is 9.59 Å². The van der Waals surface area contributed by atoms with Gasteiger partial charge in [-0.05, 0) is 6.08 Å². The molecule has 0 atom stereocenters.